The summed E-state index contributed by atoms with van der Waals surface area (Å²) in [5.41, 5.74) is 0.595. The van der Waals surface area contributed by atoms with Crippen LogP contribution in [0.25, 0.3) is 0 Å². The maximum atomic E-state index is 12.9. The summed E-state index contributed by atoms with van der Waals surface area (Å²) in [5, 5.41) is 61.2. The second-order valence-corrected chi connectivity index (χ2v) is 11.2. The number of rotatable bonds is 18. The third-order valence-electron chi connectivity index (χ3n) is 7.43. The number of esters is 2. The lowest BCUT2D eigenvalue weighted by Crippen LogP contribution is -2.64. The van der Waals surface area contributed by atoms with E-state index in [9.17, 15) is 40.2 Å². The summed E-state index contributed by atoms with van der Waals surface area (Å²) in [6.45, 7) is 2.98. The van der Waals surface area contributed by atoms with E-state index in [0.717, 1.165) is 31.8 Å². The van der Waals surface area contributed by atoms with Gasteiger partial charge in [0.1, 0.15) is 37.1 Å². The molecule has 0 aliphatic carbocycles. The molecule has 0 amide bonds. The highest BCUT2D eigenvalue weighted by molar-refractivity contribution is 5.82. The van der Waals surface area contributed by atoms with Crippen molar-refractivity contribution in [2.24, 2.45) is 0 Å². The van der Waals surface area contributed by atoms with Gasteiger partial charge in [0.05, 0.1) is 13.2 Å². The molecule has 2 heterocycles. The van der Waals surface area contributed by atoms with Crippen molar-refractivity contribution >= 4 is 11.9 Å². The number of unbranched alkanes of at least 4 members (excludes halogenated alkanes) is 8. The summed E-state index contributed by atoms with van der Waals surface area (Å²) in [6.07, 6.45) is -2.33. The second-order valence-electron chi connectivity index (χ2n) is 11.2. The van der Waals surface area contributed by atoms with Crippen LogP contribution >= 0.6 is 0 Å². The molecule has 9 atom stereocenters. The lowest BCUT2D eigenvalue weighted by atomic mass is 9.98. The van der Waals surface area contributed by atoms with Crippen molar-refractivity contribution in [3.8, 4) is 0 Å². The van der Waals surface area contributed by atoms with Gasteiger partial charge in [-0.2, -0.15) is 0 Å². The van der Waals surface area contributed by atoms with Gasteiger partial charge in [-0.15, -0.1) is 0 Å². The van der Waals surface area contributed by atoms with Gasteiger partial charge in [0.2, 0.25) is 12.1 Å². The molecule has 0 spiro atoms. The first-order chi connectivity index (χ1) is 20.0. The normalized spacial score (nSPS) is 32.9. The molecule has 0 unspecified atom stereocenters. The number of ether oxygens (including phenoxy) is 5. The van der Waals surface area contributed by atoms with Crippen LogP contribution in [0.1, 0.15) is 85.0 Å². The molecule has 2 fully saturated rings. The summed E-state index contributed by atoms with van der Waals surface area (Å²) in [7, 11) is 0. The Balaban J connectivity index is 2.19. The molecule has 0 aromatic rings. The number of hydrogen-bond donors (Lipinski definition) is 6. The zero-order valence-corrected chi connectivity index (χ0v) is 24.9. The molecule has 244 valence electrons. The van der Waals surface area contributed by atoms with Crippen LogP contribution in [0, 0.1) is 0 Å². The molecule has 2 rings (SSSR count). The van der Waals surface area contributed by atoms with E-state index >= 15 is 0 Å². The summed E-state index contributed by atoms with van der Waals surface area (Å²) in [6, 6.07) is 0. The quantitative estimate of drug-likeness (QED) is 0.0720. The SMILES string of the molecule is CCCCCCCCCCCC(=O)O[C@H]1[C@@H](O[C@]2(CO)O[C@H](CO)[C@@H](O)[C@@H]2O)O[C@H](CO)[C@@H](O)[C@@H]1OC(=O)C=C(C)C. The number of allylic oxidation sites excluding steroid dienone is 1. The number of aliphatic hydroxyl groups excluding tert-OH is 6. The van der Waals surface area contributed by atoms with Gasteiger partial charge in [-0.25, -0.2) is 4.79 Å². The van der Waals surface area contributed by atoms with E-state index in [1.165, 1.54) is 25.7 Å². The average molecular weight is 607 g/mol. The highest BCUT2D eigenvalue weighted by Crippen LogP contribution is 2.37. The van der Waals surface area contributed by atoms with E-state index in [1.54, 1.807) is 13.8 Å². The van der Waals surface area contributed by atoms with E-state index in [1.807, 2.05) is 0 Å². The molecule has 0 aromatic heterocycles. The van der Waals surface area contributed by atoms with Crippen LogP contribution in [-0.2, 0) is 33.3 Å². The fraction of sp³-hybridized carbons (Fsp3) is 0.862. The van der Waals surface area contributed by atoms with Gasteiger partial charge in [-0.05, 0) is 20.3 Å². The van der Waals surface area contributed by atoms with Crippen molar-refractivity contribution in [3.63, 3.8) is 0 Å². The van der Waals surface area contributed by atoms with Crippen LogP contribution in [0.2, 0.25) is 0 Å². The predicted molar refractivity (Wildman–Crippen MR) is 148 cm³/mol. The van der Waals surface area contributed by atoms with Crippen molar-refractivity contribution in [3.05, 3.63) is 11.6 Å². The number of carbonyl (C=O) groups excluding carboxylic acids is 2. The third kappa shape index (κ3) is 10.2. The standard InChI is InChI=1S/C29H50O13/c1-4-5-6-7-8-9-10-11-12-13-21(33)39-26-25(40-22(34)14-18(2)3)23(35)19(15-30)38-28(26)42-29(17-32)27(37)24(36)20(16-31)41-29/h14,19-20,23-28,30-32,35-37H,4-13,15-17H2,1-3H3/t19-,20-,23-,24-,25+,26-,27+,28-,29+/m1/s1. The maximum absolute atomic E-state index is 12.9. The zero-order chi connectivity index (χ0) is 31.3. The molecule has 42 heavy (non-hydrogen) atoms. The van der Waals surface area contributed by atoms with Crippen LogP contribution in [0.5, 0.6) is 0 Å². The molecule has 0 aromatic carbocycles. The molecular weight excluding hydrogens is 556 g/mol. The molecule has 0 radical (unpaired) electrons. The Morgan fingerprint density at radius 2 is 1.40 bits per heavy atom. The molecule has 2 saturated heterocycles. The van der Waals surface area contributed by atoms with Crippen molar-refractivity contribution < 1.29 is 63.9 Å². The number of carbonyl (C=O) groups is 2. The summed E-state index contributed by atoms with van der Waals surface area (Å²) in [5.74, 6) is -3.89. The topological polar surface area (TPSA) is 202 Å². The predicted octanol–water partition coefficient (Wildman–Crippen LogP) is 0.593. The lowest BCUT2D eigenvalue weighted by Gasteiger charge is -2.45. The highest BCUT2D eigenvalue weighted by Gasteiger charge is 2.59. The summed E-state index contributed by atoms with van der Waals surface area (Å²) in [4.78, 5) is 25.4. The van der Waals surface area contributed by atoms with E-state index in [4.69, 9.17) is 23.7 Å². The van der Waals surface area contributed by atoms with Crippen LogP contribution < -0.4 is 0 Å². The molecule has 13 nitrogen and oxygen atoms in total. The van der Waals surface area contributed by atoms with Crippen molar-refractivity contribution in [2.45, 2.75) is 140 Å². The minimum Gasteiger partial charge on any atom is -0.453 e. The van der Waals surface area contributed by atoms with E-state index < -0.39 is 86.6 Å². The first kappa shape index (κ1) is 36.5. The highest BCUT2D eigenvalue weighted by atomic mass is 16.8. The number of hydrogen-bond acceptors (Lipinski definition) is 13. The summed E-state index contributed by atoms with van der Waals surface area (Å²) >= 11 is 0. The third-order valence-corrected chi connectivity index (χ3v) is 7.43. The van der Waals surface area contributed by atoms with E-state index in [0.29, 0.717) is 12.0 Å². The van der Waals surface area contributed by atoms with E-state index in [2.05, 4.69) is 6.92 Å². The average Bonchev–Trinajstić information content (AvgIpc) is 3.19. The van der Waals surface area contributed by atoms with Gasteiger partial charge in [-0.1, -0.05) is 63.9 Å². The van der Waals surface area contributed by atoms with Gasteiger partial charge >= 0.3 is 11.9 Å². The van der Waals surface area contributed by atoms with Crippen molar-refractivity contribution in [2.75, 3.05) is 19.8 Å². The van der Waals surface area contributed by atoms with Gasteiger partial charge in [0.25, 0.3) is 0 Å². The van der Waals surface area contributed by atoms with Gasteiger partial charge in [0.15, 0.2) is 12.2 Å². The fourth-order valence-corrected chi connectivity index (χ4v) is 5.06. The smallest absolute Gasteiger partial charge is 0.331 e. The Hall–Kier alpha value is -1.68. The minimum atomic E-state index is -2.34. The Morgan fingerprint density at radius 3 is 1.93 bits per heavy atom. The lowest BCUT2D eigenvalue weighted by molar-refractivity contribution is -0.384. The molecule has 2 aliphatic heterocycles. The van der Waals surface area contributed by atoms with Crippen LogP contribution in [0.15, 0.2) is 11.6 Å². The van der Waals surface area contributed by atoms with Gasteiger partial charge in [-0.3, -0.25) is 4.79 Å². The molecule has 2 aliphatic rings. The zero-order valence-electron chi connectivity index (χ0n) is 24.9. The second kappa shape index (κ2) is 18.2. The Morgan fingerprint density at radius 1 is 0.810 bits per heavy atom. The van der Waals surface area contributed by atoms with E-state index in [-0.39, 0.29) is 6.42 Å². The first-order valence-electron chi connectivity index (χ1n) is 15.0. The summed E-state index contributed by atoms with van der Waals surface area (Å²) < 4.78 is 27.9. The minimum absolute atomic E-state index is 0.0167. The maximum Gasteiger partial charge on any atom is 0.331 e. The Kier molecular flexibility index (Phi) is 15.8. The van der Waals surface area contributed by atoms with Crippen molar-refractivity contribution in [1.29, 1.82) is 0 Å². The van der Waals surface area contributed by atoms with Crippen LogP contribution in [0.4, 0.5) is 0 Å². The van der Waals surface area contributed by atoms with Crippen LogP contribution in [0.3, 0.4) is 0 Å². The molecule has 13 heteroatoms. The number of aliphatic hydroxyl groups is 6. The molecule has 6 N–H and O–H groups in total. The van der Waals surface area contributed by atoms with Gasteiger partial charge < -0.3 is 54.3 Å². The fourth-order valence-electron chi connectivity index (χ4n) is 5.06. The molecular formula is C29H50O13. The largest absolute Gasteiger partial charge is 0.453 e. The Bertz CT molecular complexity index is 847. The van der Waals surface area contributed by atoms with Crippen LogP contribution in [-0.4, -0.2) is 117 Å². The monoisotopic (exact) mass is 606 g/mol. The molecule has 0 saturated carbocycles. The van der Waals surface area contributed by atoms with Gasteiger partial charge in [0, 0.05) is 12.5 Å². The molecule has 0 bridgehead atoms. The Labute approximate surface area is 247 Å². The first-order valence-corrected chi connectivity index (χ1v) is 15.0. The van der Waals surface area contributed by atoms with Crippen molar-refractivity contribution in [1.82, 2.24) is 0 Å².